The van der Waals surface area contributed by atoms with Crippen LogP contribution in [-0.4, -0.2) is 17.1 Å². The highest BCUT2D eigenvalue weighted by Gasteiger charge is 2.25. The summed E-state index contributed by atoms with van der Waals surface area (Å²) in [5.74, 6) is 0.0887. The second-order valence-electron chi connectivity index (χ2n) is 4.78. The number of benzene rings is 1. The van der Waals surface area contributed by atoms with Gasteiger partial charge in [0.2, 0.25) is 0 Å². The Balaban J connectivity index is 1.84. The molecular weight excluding hydrogens is 299 g/mol. The van der Waals surface area contributed by atoms with Crippen molar-refractivity contribution in [2.75, 3.05) is 0 Å². The minimum atomic E-state index is -0.288. The van der Waals surface area contributed by atoms with Crippen molar-refractivity contribution in [2.45, 2.75) is 25.3 Å². The third-order valence-corrected chi connectivity index (χ3v) is 4.00. The van der Waals surface area contributed by atoms with E-state index in [0.29, 0.717) is 10.8 Å². The molecule has 3 rings (SSSR count). The summed E-state index contributed by atoms with van der Waals surface area (Å²) in [5.41, 5.74) is 0.859. The van der Waals surface area contributed by atoms with Gasteiger partial charge in [0.15, 0.2) is 11.5 Å². The van der Waals surface area contributed by atoms with Crippen molar-refractivity contribution in [3.05, 3.63) is 40.0 Å². The fraction of sp³-hybridized carbons (Fsp3) is 0.286. The first kappa shape index (κ1) is 13.5. The number of nitrogens with one attached hydrogen (secondary N) is 1. The number of carbonyl (C=O) groups is 1. The molecule has 1 aliphatic rings. The van der Waals surface area contributed by atoms with Gasteiger partial charge in [0, 0.05) is 16.6 Å². The molecule has 1 aromatic carbocycles. The Morgan fingerprint density at radius 3 is 2.55 bits per heavy atom. The predicted octanol–water partition coefficient (Wildman–Crippen LogP) is 3.93. The molecule has 0 aliphatic heterocycles. The van der Waals surface area contributed by atoms with E-state index in [4.69, 9.17) is 27.7 Å². The highest BCUT2D eigenvalue weighted by atomic mass is 35.5. The van der Waals surface area contributed by atoms with Gasteiger partial charge >= 0.3 is 0 Å². The Morgan fingerprint density at radius 1 is 1.25 bits per heavy atom. The van der Waals surface area contributed by atoms with E-state index in [2.05, 4.69) is 10.5 Å². The average Bonchev–Trinajstić information content (AvgIpc) is 2.77. The lowest BCUT2D eigenvalue weighted by molar-refractivity contribution is 0.0908. The van der Waals surface area contributed by atoms with Crippen molar-refractivity contribution < 1.29 is 9.32 Å². The minimum Gasteiger partial charge on any atom is -0.354 e. The zero-order valence-electron chi connectivity index (χ0n) is 10.5. The Bertz CT molecular complexity index is 633. The first-order valence-corrected chi connectivity index (χ1v) is 7.12. The third kappa shape index (κ3) is 2.53. The first-order valence-electron chi connectivity index (χ1n) is 6.37. The molecule has 0 bridgehead atoms. The fourth-order valence-corrected chi connectivity index (χ4v) is 2.40. The lowest BCUT2D eigenvalue weighted by Gasteiger charge is -2.25. The highest BCUT2D eigenvalue weighted by Crippen LogP contribution is 2.31. The Kier molecular flexibility index (Phi) is 3.68. The predicted molar refractivity (Wildman–Crippen MR) is 77.1 cm³/mol. The molecule has 0 atom stereocenters. The van der Waals surface area contributed by atoms with Crippen LogP contribution in [0, 0.1) is 0 Å². The SMILES string of the molecule is O=C(NC1CCC1)c1noc(-c2ccc(Cl)cc2)c1Cl. The van der Waals surface area contributed by atoms with Gasteiger partial charge in [-0.3, -0.25) is 4.79 Å². The van der Waals surface area contributed by atoms with Crippen LogP contribution in [0.1, 0.15) is 29.8 Å². The molecule has 0 saturated heterocycles. The van der Waals surface area contributed by atoms with Gasteiger partial charge in [0.05, 0.1) is 0 Å². The van der Waals surface area contributed by atoms with Gasteiger partial charge in [-0.05, 0) is 43.5 Å². The fourth-order valence-electron chi connectivity index (χ4n) is 2.01. The van der Waals surface area contributed by atoms with Gasteiger partial charge in [-0.25, -0.2) is 0 Å². The van der Waals surface area contributed by atoms with E-state index in [9.17, 15) is 4.79 Å². The van der Waals surface area contributed by atoms with E-state index < -0.39 is 0 Å². The van der Waals surface area contributed by atoms with E-state index in [1.165, 1.54) is 0 Å². The molecule has 0 unspecified atom stereocenters. The summed E-state index contributed by atoms with van der Waals surface area (Å²) in [6, 6.07) is 7.22. The van der Waals surface area contributed by atoms with Crippen LogP contribution in [0.2, 0.25) is 10.0 Å². The van der Waals surface area contributed by atoms with E-state index in [1.54, 1.807) is 24.3 Å². The minimum absolute atomic E-state index is 0.128. The van der Waals surface area contributed by atoms with Gasteiger partial charge in [0.1, 0.15) is 5.02 Å². The monoisotopic (exact) mass is 310 g/mol. The van der Waals surface area contributed by atoms with Gasteiger partial charge in [0.25, 0.3) is 5.91 Å². The second-order valence-corrected chi connectivity index (χ2v) is 5.60. The van der Waals surface area contributed by atoms with E-state index in [1.807, 2.05) is 0 Å². The van der Waals surface area contributed by atoms with Crippen molar-refractivity contribution in [3.63, 3.8) is 0 Å². The summed E-state index contributed by atoms with van der Waals surface area (Å²) in [7, 11) is 0. The zero-order chi connectivity index (χ0) is 14.1. The largest absolute Gasteiger partial charge is 0.354 e. The number of halogens is 2. The number of amides is 1. The molecule has 2 aromatic rings. The molecule has 104 valence electrons. The van der Waals surface area contributed by atoms with Crippen LogP contribution in [0.15, 0.2) is 28.8 Å². The molecule has 6 heteroatoms. The standard InChI is InChI=1S/C14H12Cl2N2O2/c15-9-6-4-8(5-7-9)13-11(16)12(18-20-13)14(19)17-10-2-1-3-10/h4-7,10H,1-3H2,(H,17,19). The van der Waals surface area contributed by atoms with Crippen molar-refractivity contribution in [2.24, 2.45) is 0 Å². The molecule has 1 N–H and O–H groups in total. The number of aromatic nitrogens is 1. The Morgan fingerprint density at radius 2 is 1.95 bits per heavy atom. The molecule has 1 aromatic heterocycles. The van der Waals surface area contributed by atoms with Gasteiger partial charge in [-0.1, -0.05) is 28.4 Å². The number of carbonyl (C=O) groups excluding carboxylic acids is 1. The van der Waals surface area contributed by atoms with Gasteiger partial charge in [-0.15, -0.1) is 0 Å². The molecule has 1 saturated carbocycles. The van der Waals surface area contributed by atoms with Crippen LogP contribution in [0.25, 0.3) is 11.3 Å². The number of rotatable bonds is 3. The second kappa shape index (κ2) is 5.46. The van der Waals surface area contributed by atoms with E-state index >= 15 is 0 Å². The maximum Gasteiger partial charge on any atom is 0.275 e. The van der Waals surface area contributed by atoms with Gasteiger partial charge < -0.3 is 9.84 Å². The van der Waals surface area contributed by atoms with E-state index in [0.717, 1.165) is 24.8 Å². The van der Waals surface area contributed by atoms with Crippen LogP contribution in [-0.2, 0) is 0 Å². The maximum atomic E-state index is 12.0. The summed E-state index contributed by atoms with van der Waals surface area (Å²) < 4.78 is 5.19. The van der Waals surface area contributed by atoms with Crippen LogP contribution in [0.5, 0.6) is 0 Å². The lowest BCUT2D eigenvalue weighted by atomic mass is 9.93. The molecule has 1 heterocycles. The molecule has 4 nitrogen and oxygen atoms in total. The summed E-state index contributed by atoms with van der Waals surface area (Å²) in [6.07, 6.45) is 3.16. The Labute approximate surface area is 126 Å². The van der Waals surface area contributed by atoms with Crippen molar-refractivity contribution in [3.8, 4) is 11.3 Å². The highest BCUT2D eigenvalue weighted by molar-refractivity contribution is 6.35. The number of nitrogens with zero attached hydrogens (tertiary/aromatic N) is 1. The van der Waals surface area contributed by atoms with Crippen LogP contribution < -0.4 is 5.32 Å². The van der Waals surface area contributed by atoms with Crippen molar-refractivity contribution in [1.82, 2.24) is 10.5 Å². The normalized spacial score (nSPS) is 14.9. The zero-order valence-corrected chi connectivity index (χ0v) is 12.0. The molecule has 1 amide bonds. The van der Waals surface area contributed by atoms with Crippen LogP contribution in [0.4, 0.5) is 0 Å². The molecule has 0 radical (unpaired) electrons. The lowest BCUT2D eigenvalue weighted by Crippen LogP contribution is -2.39. The van der Waals surface area contributed by atoms with Crippen molar-refractivity contribution >= 4 is 29.1 Å². The molecule has 0 spiro atoms. The smallest absolute Gasteiger partial charge is 0.275 e. The first-order chi connectivity index (χ1) is 9.65. The summed E-state index contributed by atoms with van der Waals surface area (Å²) >= 11 is 12.0. The number of hydrogen-bond donors (Lipinski definition) is 1. The summed E-state index contributed by atoms with van der Waals surface area (Å²) in [4.78, 5) is 12.0. The molecule has 1 fully saturated rings. The van der Waals surface area contributed by atoms with Crippen LogP contribution in [0.3, 0.4) is 0 Å². The van der Waals surface area contributed by atoms with Crippen LogP contribution >= 0.6 is 23.2 Å². The summed E-state index contributed by atoms with van der Waals surface area (Å²) in [6.45, 7) is 0. The molecule has 1 aliphatic carbocycles. The number of hydrogen-bond acceptors (Lipinski definition) is 3. The quantitative estimate of drug-likeness (QED) is 0.934. The van der Waals surface area contributed by atoms with Crippen molar-refractivity contribution in [1.29, 1.82) is 0 Å². The Hall–Kier alpha value is -1.52. The maximum absolute atomic E-state index is 12.0. The third-order valence-electron chi connectivity index (χ3n) is 3.40. The van der Waals surface area contributed by atoms with Gasteiger partial charge in [-0.2, -0.15) is 0 Å². The molecule has 20 heavy (non-hydrogen) atoms. The topological polar surface area (TPSA) is 55.1 Å². The van der Waals surface area contributed by atoms with E-state index in [-0.39, 0.29) is 22.7 Å². The molecular formula is C14H12Cl2N2O2. The summed E-state index contributed by atoms with van der Waals surface area (Å²) in [5, 5.41) is 7.50. The average molecular weight is 311 g/mol.